The van der Waals surface area contributed by atoms with Crippen molar-refractivity contribution in [1.82, 2.24) is 15.6 Å². The molecule has 0 bridgehead atoms. The van der Waals surface area contributed by atoms with Crippen LogP contribution in [0.4, 0.5) is 4.79 Å². The maximum atomic E-state index is 11.7. The minimum Gasteiger partial charge on any atom is -0.476 e. The van der Waals surface area contributed by atoms with Crippen molar-refractivity contribution in [2.75, 3.05) is 0 Å². The van der Waals surface area contributed by atoms with E-state index in [1.54, 1.807) is 18.3 Å². The van der Waals surface area contributed by atoms with E-state index in [0.29, 0.717) is 11.6 Å². The lowest BCUT2D eigenvalue weighted by Gasteiger charge is -2.11. The van der Waals surface area contributed by atoms with Gasteiger partial charge >= 0.3 is 12.0 Å². The minimum atomic E-state index is -1.07. The van der Waals surface area contributed by atoms with E-state index in [9.17, 15) is 9.59 Å². The van der Waals surface area contributed by atoms with Crippen LogP contribution in [-0.4, -0.2) is 22.1 Å². The Morgan fingerprint density at radius 1 is 1.45 bits per heavy atom. The molecule has 0 fully saturated rings. The zero-order chi connectivity index (χ0) is 14.5. The van der Waals surface area contributed by atoms with Crippen molar-refractivity contribution in [3.8, 4) is 0 Å². The van der Waals surface area contributed by atoms with Gasteiger partial charge in [0.2, 0.25) is 0 Å². The number of nitrogens with one attached hydrogen (secondary N) is 2. The van der Waals surface area contributed by atoms with Crippen LogP contribution >= 0.6 is 22.7 Å². The number of amides is 2. The molecule has 1 unspecified atom stereocenters. The molecule has 2 rings (SSSR count). The van der Waals surface area contributed by atoms with Gasteiger partial charge in [-0.15, -0.1) is 22.7 Å². The second kappa shape index (κ2) is 6.49. The average molecular weight is 311 g/mol. The predicted octanol–water partition coefficient (Wildman–Crippen LogP) is 2.46. The van der Waals surface area contributed by atoms with Crippen molar-refractivity contribution < 1.29 is 14.7 Å². The topological polar surface area (TPSA) is 91.3 Å². The monoisotopic (exact) mass is 311 g/mol. The molecular formula is C12H13N3O3S2. The van der Waals surface area contributed by atoms with Gasteiger partial charge in [-0.25, -0.2) is 14.6 Å². The minimum absolute atomic E-state index is 0.00218. The first kappa shape index (κ1) is 14.5. The van der Waals surface area contributed by atoms with Crippen molar-refractivity contribution in [2.24, 2.45) is 0 Å². The highest BCUT2D eigenvalue weighted by Gasteiger charge is 2.15. The summed E-state index contributed by atoms with van der Waals surface area (Å²) < 4.78 is 0. The largest absolute Gasteiger partial charge is 0.476 e. The number of urea groups is 1. The molecule has 2 aromatic heterocycles. The van der Waals surface area contributed by atoms with Gasteiger partial charge in [-0.05, 0) is 18.4 Å². The lowest BCUT2D eigenvalue weighted by molar-refractivity contribution is 0.0691. The number of hydrogen-bond donors (Lipinski definition) is 3. The molecular weight excluding hydrogens is 298 g/mol. The zero-order valence-electron chi connectivity index (χ0n) is 10.6. The Hall–Kier alpha value is -1.93. The summed E-state index contributed by atoms with van der Waals surface area (Å²) in [5.74, 6) is -1.07. The van der Waals surface area contributed by atoms with Crippen molar-refractivity contribution in [3.63, 3.8) is 0 Å². The maximum Gasteiger partial charge on any atom is 0.355 e. The van der Waals surface area contributed by atoms with E-state index in [4.69, 9.17) is 5.11 Å². The Labute approximate surface area is 123 Å². The van der Waals surface area contributed by atoms with Gasteiger partial charge in [0.15, 0.2) is 5.69 Å². The van der Waals surface area contributed by atoms with Crippen molar-refractivity contribution in [1.29, 1.82) is 0 Å². The average Bonchev–Trinajstić information content (AvgIpc) is 3.07. The SMILES string of the molecule is CC(NC(=O)NCc1cccs1)c1nc(C(=O)O)cs1. The second-order valence-corrected chi connectivity index (χ2v) is 5.93. The van der Waals surface area contributed by atoms with Gasteiger partial charge in [0.05, 0.1) is 12.6 Å². The smallest absolute Gasteiger partial charge is 0.355 e. The van der Waals surface area contributed by atoms with E-state index < -0.39 is 5.97 Å². The normalized spacial score (nSPS) is 11.8. The summed E-state index contributed by atoms with van der Waals surface area (Å²) in [5, 5.41) is 18.2. The Bertz CT molecular complexity index is 595. The van der Waals surface area contributed by atoms with Gasteiger partial charge in [-0.3, -0.25) is 0 Å². The molecule has 8 heteroatoms. The fourth-order valence-electron chi connectivity index (χ4n) is 1.47. The molecule has 2 heterocycles. The van der Waals surface area contributed by atoms with Crippen LogP contribution < -0.4 is 10.6 Å². The third-order valence-electron chi connectivity index (χ3n) is 2.46. The molecule has 0 aliphatic heterocycles. The number of aromatic nitrogens is 1. The molecule has 6 nitrogen and oxygen atoms in total. The highest BCUT2D eigenvalue weighted by molar-refractivity contribution is 7.10. The number of aromatic carboxylic acids is 1. The van der Waals surface area contributed by atoms with Gasteiger partial charge in [-0.2, -0.15) is 0 Å². The first-order chi connectivity index (χ1) is 9.56. The summed E-state index contributed by atoms with van der Waals surface area (Å²) in [5.41, 5.74) is -0.00218. The number of thiophene rings is 1. The van der Waals surface area contributed by atoms with Crippen LogP contribution in [0.25, 0.3) is 0 Å². The van der Waals surface area contributed by atoms with Crippen LogP contribution in [0.15, 0.2) is 22.9 Å². The highest BCUT2D eigenvalue weighted by Crippen LogP contribution is 2.17. The molecule has 2 aromatic rings. The van der Waals surface area contributed by atoms with E-state index >= 15 is 0 Å². The zero-order valence-corrected chi connectivity index (χ0v) is 12.3. The van der Waals surface area contributed by atoms with Gasteiger partial charge in [0.25, 0.3) is 0 Å². The van der Waals surface area contributed by atoms with E-state index in [0.717, 1.165) is 4.88 Å². The number of carbonyl (C=O) groups is 2. The molecule has 106 valence electrons. The molecule has 0 aliphatic rings. The number of carboxylic acid groups (broad SMARTS) is 1. The number of carbonyl (C=O) groups excluding carboxylic acids is 1. The van der Waals surface area contributed by atoms with Crippen LogP contribution in [0.5, 0.6) is 0 Å². The van der Waals surface area contributed by atoms with Crippen molar-refractivity contribution >= 4 is 34.7 Å². The standard InChI is InChI=1S/C12H13N3O3S2/c1-7(10-15-9(6-20-10)11(16)17)14-12(18)13-5-8-3-2-4-19-8/h2-4,6-7H,5H2,1H3,(H,16,17)(H2,13,14,18). The molecule has 2 amide bonds. The first-order valence-electron chi connectivity index (χ1n) is 5.81. The summed E-state index contributed by atoms with van der Waals surface area (Å²) >= 11 is 2.78. The van der Waals surface area contributed by atoms with E-state index in [-0.39, 0.29) is 17.8 Å². The van der Waals surface area contributed by atoms with Crippen LogP contribution in [0, 0.1) is 0 Å². The Morgan fingerprint density at radius 3 is 2.85 bits per heavy atom. The third-order valence-corrected chi connectivity index (χ3v) is 4.37. The number of nitrogens with zero attached hydrogens (tertiary/aromatic N) is 1. The first-order valence-corrected chi connectivity index (χ1v) is 7.57. The van der Waals surface area contributed by atoms with Crippen molar-refractivity contribution in [2.45, 2.75) is 19.5 Å². The van der Waals surface area contributed by atoms with Gasteiger partial charge in [0, 0.05) is 10.3 Å². The van der Waals surface area contributed by atoms with E-state index in [1.165, 1.54) is 16.7 Å². The second-order valence-electron chi connectivity index (χ2n) is 4.00. The van der Waals surface area contributed by atoms with Gasteiger partial charge < -0.3 is 15.7 Å². The Balaban J connectivity index is 1.85. The maximum absolute atomic E-state index is 11.7. The number of hydrogen-bond acceptors (Lipinski definition) is 5. The molecule has 0 aliphatic carbocycles. The van der Waals surface area contributed by atoms with Crippen molar-refractivity contribution in [3.05, 3.63) is 38.5 Å². The summed E-state index contributed by atoms with van der Waals surface area (Å²) in [4.78, 5) is 27.5. The Kier molecular flexibility index (Phi) is 4.70. The van der Waals surface area contributed by atoms with Crippen LogP contribution in [0.1, 0.15) is 33.3 Å². The Morgan fingerprint density at radius 2 is 2.25 bits per heavy atom. The molecule has 0 saturated carbocycles. The van der Waals surface area contributed by atoms with Crippen LogP contribution in [-0.2, 0) is 6.54 Å². The van der Waals surface area contributed by atoms with E-state index in [2.05, 4.69) is 15.6 Å². The molecule has 0 spiro atoms. The number of thiazole rings is 1. The van der Waals surface area contributed by atoms with Crippen LogP contribution in [0.3, 0.4) is 0 Å². The number of carboxylic acids is 1. The van der Waals surface area contributed by atoms with Crippen LogP contribution in [0.2, 0.25) is 0 Å². The lowest BCUT2D eigenvalue weighted by Crippen LogP contribution is -2.36. The van der Waals surface area contributed by atoms with Gasteiger partial charge in [0.1, 0.15) is 5.01 Å². The molecule has 0 aromatic carbocycles. The quantitative estimate of drug-likeness (QED) is 0.791. The fourth-order valence-corrected chi connectivity index (χ4v) is 2.92. The predicted molar refractivity (Wildman–Crippen MR) is 77.2 cm³/mol. The van der Waals surface area contributed by atoms with E-state index in [1.807, 2.05) is 17.5 Å². The molecule has 1 atom stereocenters. The highest BCUT2D eigenvalue weighted by atomic mass is 32.1. The van der Waals surface area contributed by atoms with Gasteiger partial charge in [-0.1, -0.05) is 6.07 Å². The summed E-state index contributed by atoms with van der Waals surface area (Å²) in [7, 11) is 0. The molecule has 0 saturated heterocycles. The summed E-state index contributed by atoms with van der Waals surface area (Å²) in [6.07, 6.45) is 0. The fraction of sp³-hybridized carbons (Fsp3) is 0.250. The molecule has 0 radical (unpaired) electrons. The third kappa shape index (κ3) is 3.78. The lowest BCUT2D eigenvalue weighted by atomic mass is 10.3. The summed E-state index contributed by atoms with van der Waals surface area (Å²) in [6.45, 7) is 2.23. The molecule has 3 N–H and O–H groups in total. The summed E-state index contributed by atoms with van der Waals surface area (Å²) in [6, 6.07) is 3.22. The molecule has 20 heavy (non-hydrogen) atoms. The number of rotatable bonds is 5.